The fourth-order valence-electron chi connectivity index (χ4n) is 4.71. The molecule has 10 nitrogen and oxygen atoms in total. The number of methoxy groups -OCH3 is 1. The van der Waals surface area contributed by atoms with Crippen molar-refractivity contribution >= 4 is 23.6 Å². The molecule has 0 spiro atoms. The number of aryl methyl sites for hydroxylation is 2. The molecule has 0 saturated carbocycles. The van der Waals surface area contributed by atoms with E-state index >= 15 is 0 Å². The van der Waals surface area contributed by atoms with Crippen LogP contribution in [0.1, 0.15) is 75.0 Å². The molecule has 0 unspecified atom stereocenters. The van der Waals surface area contributed by atoms with Gasteiger partial charge in [-0.3, -0.25) is 14.4 Å². The van der Waals surface area contributed by atoms with Crippen LogP contribution in [-0.4, -0.2) is 70.3 Å². The minimum Gasteiger partial charge on any atom is -0.382 e. The van der Waals surface area contributed by atoms with Crippen LogP contribution >= 0.6 is 0 Å². The summed E-state index contributed by atoms with van der Waals surface area (Å²) < 4.78 is 15.4. The average Bonchev–Trinajstić information content (AvgIpc) is 3.06. The number of hydrogen-bond donors (Lipinski definition) is 2. The summed E-state index contributed by atoms with van der Waals surface area (Å²) in [6.45, 7) is 4.15. The summed E-state index contributed by atoms with van der Waals surface area (Å²) in [6, 6.07) is 18.4. The number of Topliss-reactive ketones (excluding diaryl/α,β-unsaturated/α-hetero) is 1. The highest BCUT2D eigenvalue weighted by molar-refractivity contribution is 5.82. The predicted molar refractivity (Wildman–Crippen MR) is 176 cm³/mol. The highest BCUT2D eigenvalue weighted by Crippen LogP contribution is 2.14. The quantitative estimate of drug-likeness (QED) is 0.118. The highest BCUT2D eigenvalue weighted by atomic mass is 16.7. The zero-order valence-corrected chi connectivity index (χ0v) is 27.6. The summed E-state index contributed by atoms with van der Waals surface area (Å²) in [6.07, 6.45) is 7.34. The molecular formula is C36H52N2O8. The Labute approximate surface area is 273 Å². The first-order chi connectivity index (χ1) is 22.4. The molecule has 0 fully saturated rings. The Morgan fingerprint density at radius 2 is 1.35 bits per heavy atom. The van der Waals surface area contributed by atoms with Gasteiger partial charge in [-0.15, -0.1) is 0 Å². The largest absolute Gasteiger partial charge is 0.382 e. The van der Waals surface area contributed by atoms with Crippen LogP contribution in [0.4, 0.5) is 0 Å². The number of hydrogen-bond acceptors (Lipinski definition) is 8. The van der Waals surface area contributed by atoms with Crippen LogP contribution in [0.25, 0.3) is 0 Å². The van der Waals surface area contributed by atoms with Crippen molar-refractivity contribution < 1.29 is 38.2 Å². The number of amides is 2. The minimum absolute atomic E-state index is 0.0150. The van der Waals surface area contributed by atoms with Crippen LogP contribution in [0.15, 0.2) is 54.6 Å². The van der Waals surface area contributed by atoms with E-state index in [2.05, 4.69) is 35.1 Å². The third-order valence-corrected chi connectivity index (χ3v) is 7.47. The van der Waals surface area contributed by atoms with Crippen molar-refractivity contribution in [1.29, 1.82) is 0 Å². The van der Waals surface area contributed by atoms with Crippen molar-refractivity contribution in [1.82, 2.24) is 10.8 Å². The smallest absolute Gasteiger partial charge is 0.332 e. The molecule has 10 heteroatoms. The van der Waals surface area contributed by atoms with Gasteiger partial charge in [0.15, 0.2) is 0 Å². The van der Waals surface area contributed by atoms with Gasteiger partial charge in [-0.1, -0.05) is 67.9 Å². The Hall–Kier alpha value is -3.60. The average molecular weight is 641 g/mol. The molecule has 2 rings (SSSR count). The number of carbonyl (C=O) groups is 4. The molecule has 1 atom stereocenters. The van der Waals surface area contributed by atoms with Gasteiger partial charge >= 0.3 is 5.97 Å². The third kappa shape index (κ3) is 19.0. The molecule has 254 valence electrons. The van der Waals surface area contributed by atoms with E-state index in [4.69, 9.17) is 19.0 Å². The summed E-state index contributed by atoms with van der Waals surface area (Å²) in [4.78, 5) is 53.4. The predicted octanol–water partition coefficient (Wildman–Crippen LogP) is 4.71. The number of hydroxylamine groups is 1. The number of benzene rings is 2. The molecule has 0 saturated heterocycles. The van der Waals surface area contributed by atoms with Gasteiger partial charge in [0.05, 0.1) is 32.8 Å². The van der Waals surface area contributed by atoms with Gasteiger partial charge in [-0.25, -0.2) is 4.79 Å². The molecule has 0 aromatic heterocycles. The number of rotatable bonds is 25. The van der Waals surface area contributed by atoms with E-state index in [-0.39, 0.29) is 43.5 Å². The molecule has 0 aliphatic carbocycles. The summed E-state index contributed by atoms with van der Waals surface area (Å²) in [5, 5.41) is 2.80. The number of ketones is 1. The van der Waals surface area contributed by atoms with Crippen molar-refractivity contribution in [2.75, 3.05) is 46.7 Å². The van der Waals surface area contributed by atoms with Gasteiger partial charge in [0.2, 0.25) is 5.91 Å². The van der Waals surface area contributed by atoms with Gasteiger partial charge in [-0.2, -0.15) is 5.48 Å². The Morgan fingerprint density at radius 3 is 2.07 bits per heavy atom. The topological polar surface area (TPSA) is 129 Å². The van der Waals surface area contributed by atoms with E-state index in [1.165, 1.54) is 11.1 Å². The number of nitrogens with one attached hydrogen (secondary N) is 2. The van der Waals surface area contributed by atoms with Crippen LogP contribution in [-0.2, 0) is 57.5 Å². The van der Waals surface area contributed by atoms with Crippen LogP contribution in [0, 0.1) is 5.92 Å². The Bertz CT molecular complexity index is 1140. The SMILES string of the molecule is COCCOCCOCC(=O)NCCCC[C@H](C)C(=O)CCCC(=O)ONC(=O)Cc1ccc(CCCCc2ccccc2)cc1. The molecule has 2 aromatic rings. The van der Waals surface area contributed by atoms with Crippen LogP contribution in [0.3, 0.4) is 0 Å². The Morgan fingerprint density at radius 1 is 0.696 bits per heavy atom. The summed E-state index contributed by atoms with van der Waals surface area (Å²) in [5.41, 5.74) is 5.64. The maximum Gasteiger partial charge on any atom is 0.332 e. The first-order valence-electron chi connectivity index (χ1n) is 16.4. The first-order valence-corrected chi connectivity index (χ1v) is 16.4. The maximum absolute atomic E-state index is 12.4. The second-order valence-corrected chi connectivity index (χ2v) is 11.4. The van der Waals surface area contributed by atoms with E-state index in [0.717, 1.165) is 44.1 Å². The van der Waals surface area contributed by atoms with Crippen molar-refractivity contribution in [3.05, 3.63) is 71.3 Å². The molecule has 2 N–H and O–H groups in total. The van der Waals surface area contributed by atoms with Crippen LogP contribution < -0.4 is 10.8 Å². The minimum atomic E-state index is -0.571. The van der Waals surface area contributed by atoms with Crippen molar-refractivity contribution in [3.63, 3.8) is 0 Å². The number of ether oxygens (including phenoxy) is 3. The maximum atomic E-state index is 12.4. The van der Waals surface area contributed by atoms with E-state index < -0.39 is 11.9 Å². The van der Waals surface area contributed by atoms with E-state index in [0.29, 0.717) is 45.8 Å². The molecule has 2 aromatic carbocycles. The van der Waals surface area contributed by atoms with E-state index in [1.54, 1.807) is 7.11 Å². The highest BCUT2D eigenvalue weighted by Gasteiger charge is 2.14. The van der Waals surface area contributed by atoms with Crippen molar-refractivity contribution in [2.45, 2.75) is 77.6 Å². The van der Waals surface area contributed by atoms with Gasteiger partial charge in [0.1, 0.15) is 12.4 Å². The van der Waals surface area contributed by atoms with E-state index in [1.807, 2.05) is 37.3 Å². The Balaban J connectivity index is 1.46. The molecule has 46 heavy (non-hydrogen) atoms. The standard InChI is InChI=1S/C36H52N2O8/c1-29(11-8-9-22-37-35(41)28-45-26-25-44-24-23-43-2)33(39)16-10-17-36(42)46-38-34(40)27-32-20-18-31(19-21-32)15-7-6-14-30-12-4-3-5-13-30/h3-5,12-13,18-21,29H,6-11,14-17,22-28H2,1-2H3,(H,37,41)(H,38,40)/t29-/m0/s1. The first kappa shape index (κ1) is 38.6. The molecule has 0 radical (unpaired) electrons. The molecule has 0 aliphatic heterocycles. The zero-order valence-electron chi connectivity index (χ0n) is 27.6. The van der Waals surface area contributed by atoms with Gasteiger partial charge in [0, 0.05) is 32.4 Å². The monoisotopic (exact) mass is 640 g/mol. The number of carbonyl (C=O) groups excluding carboxylic acids is 4. The van der Waals surface area contributed by atoms with Crippen LogP contribution in [0.2, 0.25) is 0 Å². The fraction of sp³-hybridized carbons (Fsp3) is 0.556. The molecule has 0 heterocycles. The van der Waals surface area contributed by atoms with Gasteiger partial charge in [-0.05, 0) is 61.6 Å². The third-order valence-electron chi connectivity index (χ3n) is 7.47. The lowest BCUT2D eigenvalue weighted by Crippen LogP contribution is -2.29. The van der Waals surface area contributed by atoms with Gasteiger partial charge in [0.25, 0.3) is 5.91 Å². The van der Waals surface area contributed by atoms with E-state index in [9.17, 15) is 19.2 Å². The summed E-state index contributed by atoms with van der Waals surface area (Å²) >= 11 is 0. The zero-order chi connectivity index (χ0) is 33.2. The second kappa shape index (κ2) is 24.6. The lowest BCUT2D eigenvalue weighted by Gasteiger charge is -2.11. The summed E-state index contributed by atoms with van der Waals surface area (Å²) in [7, 11) is 1.60. The fourth-order valence-corrected chi connectivity index (χ4v) is 4.71. The van der Waals surface area contributed by atoms with Gasteiger partial charge < -0.3 is 24.4 Å². The normalized spacial score (nSPS) is 11.5. The summed E-state index contributed by atoms with van der Waals surface area (Å²) in [5.74, 6) is -1.20. The molecule has 0 bridgehead atoms. The van der Waals surface area contributed by atoms with Crippen molar-refractivity contribution in [3.8, 4) is 0 Å². The lowest BCUT2D eigenvalue weighted by atomic mass is 9.96. The Kier molecular flexibility index (Phi) is 20.6. The second-order valence-electron chi connectivity index (χ2n) is 11.4. The van der Waals surface area contributed by atoms with Crippen molar-refractivity contribution in [2.24, 2.45) is 5.92 Å². The number of unbranched alkanes of at least 4 members (excludes halogenated alkanes) is 2. The molecule has 2 amide bonds. The molecular weight excluding hydrogens is 588 g/mol. The van der Waals surface area contributed by atoms with Crippen LogP contribution in [0.5, 0.6) is 0 Å². The molecule has 0 aliphatic rings. The lowest BCUT2D eigenvalue weighted by molar-refractivity contribution is -0.158.